The molecule has 118 valence electrons. The first kappa shape index (κ1) is 18.2. The van der Waals surface area contributed by atoms with E-state index in [4.69, 9.17) is 5.41 Å². The van der Waals surface area contributed by atoms with Crippen molar-refractivity contribution in [1.82, 2.24) is 0 Å². The molecule has 0 amide bonds. The van der Waals surface area contributed by atoms with Crippen LogP contribution < -0.4 is 0 Å². The Morgan fingerprint density at radius 2 is 1.91 bits per heavy atom. The zero-order valence-corrected chi connectivity index (χ0v) is 14.9. The van der Waals surface area contributed by atoms with E-state index in [1.165, 1.54) is 16.7 Å². The molecule has 0 fully saturated rings. The maximum absolute atomic E-state index is 8.65. The molecule has 0 atom stereocenters. The summed E-state index contributed by atoms with van der Waals surface area (Å²) in [6.07, 6.45) is 4.95. The van der Waals surface area contributed by atoms with Crippen LogP contribution in [0.5, 0.6) is 0 Å². The van der Waals surface area contributed by atoms with E-state index in [2.05, 4.69) is 64.6 Å². The molecule has 1 nitrogen and oxygen atoms in total. The third kappa shape index (κ3) is 4.84. The fourth-order valence-corrected chi connectivity index (χ4v) is 2.67. The molecule has 0 aliphatic rings. The molecule has 1 heteroatoms. The number of rotatable bonds is 6. The first-order valence-electron chi connectivity index (χ1n) is 7.94. The van der Waals surface area contributed by atoms with E-state index < -0.39 is 0 Å². The van der Waals surface area contributed by atoms with Crippen molar-refractivity contribution >= 4 is 5.71 Å². The average Bonchev–Trinajstić information content (AvgIpc) is 2.43. The molecule has 1 aromatic rings. The van der Waals surface area contributed by atoms with Crippen LogP contribution in [-0.2, 0) is 0 Å². The van der Waals surface area contributed by atoms with Crippen LogP contribution in [-0.4, -0.2) is 5.71 Å². The molecular weight excluding hydrogens is 266 g/mol. The molecule has 0 saturated heterocycles. The maximum atomic E-state index is 8.65. The standard InChI is InChI=1S/C21H29N/c1-8-18(12-17(7)11-14(2)3)21(22)19-10-9-16(6)13-20(19)15(4)5/h8-11,13,15,22H,2,12H2,1,3-7H3/b17-11+,18-8-,22-21?. The summed E-state index contributed by atoms with van der Waals surface area (Å²) in [6, 6.07) is 6.40. The second kappa shape index (κ2) is 7.93. The molecule has 1 N–H and O–H groups in total. The number of nitrogens with one attached hydrogen (secondary N) is 1. The Morgan fingerprint density at radius 1 is 1.27 bits per heavy atom. The average molecular weight is 295 g/mol. The summed E-state index contributed by atoms with van der Waals surface area (Å²) >= 11 is 0. The van der Waals surface area contributed by atoms with Gasteiger partial charge < -0.3 is 0 Å². The first-order chi connectivity index (χ1) is 10.3. The van der Waals surface area contributed by atoms with Crippen molar-refractivity contribution in [3.8, 4) is 0 Å². The van der Waals surface area contributed by atoms with Crippen molar-refractivity contribution in [2.45, 2.75) is 53.9 Å². The Morgan fingerprint density at radius 3 is 2.41 bits per heavy atom. The Balaban J connectivity index is 3.16. The third-order valence-electron chi connectivity index (χ3n) is 3.73. The first-order valence-corrected chi connectivity index (χ1v) is 7.94. The van der Waals surface area contributed by atoms with Crippen molar-refractivity contribution in [3.63, 3.8) is 0 Å². The molecule has 0 spiro atoms. The molecule has 1 rings (SSSR count). The molecule has 0 saturated carbocycles. The summed E-state index contributed by atoms with van der Waals surface area (Å²) in [5.74, 6) is 0.417. The lowest BCUT2D eigenvalue weighted by Crippen LogP contribution is -2.09. The van der Waals surface area contributed by atoms with Crippen LogP contribution in [0.3, 0.4) is 0 Å². The molecule has 0 heterocycles. The summed E-state index contributed by atoms with van der Waals surface area (Å²) in [5.41, 5.74) is 7.56. The number of hydrogen-bond donors (Lipinski definition) is 1. The van der Waals surface area contributed by atoms with Gasteiger partial charge in [0.2, 0.25) is 0 Å². The predicted octanol–water partition coefficient (Wildman–Crippen LogP) is 6.35. The fourth-order valence-electron chi connectivity index (χ4n) is 2.67. The lowest BCUT2D eigenvalue weighted by Gasteiger charge is -2.17. The van der Waals surface area contributed by atoms with Gasteiger partial charge in [-0.15, -0.1) is 0 Å². The van der Waals surface area contributed by atoms with Gasteiger partial charge in [0, 0.05) is 5.56 Å². The lowest BCUT2D eigenvalue weighted by molar-refractivity contribution is 0.861. The number of allylic oxidation sites excluding steroid dienone is 5. The zero-order chi connectivity index (χ0) is 16.9. The number of benzene rings is 1. The van der Waals surface area contributed by atoms with Crippen LogP contribution in [0, 0.1) is 12.3 Å². The molecule has 0 aliphatic heterocycles. The summed E-state index contributed by atoms with van der Waals surface area (Å²) in [6.45, 7) is 16.5. The molecule has 0 bridgehead atoms. The number of hydrogen-bond acceptors (Lipinski definition) is 1. The highest BCUT2D eigenvalue weighted by atomic mass is 14.4. The van der Waals surface area contributed by atoms with Gasteiger partial charge in [0.25, 0.3) is 0 Å². The van der Waals surface area contributed by atoms with Gasteiger partial charge in [-0.2, -0.15) is 0 Å². The van der Waals surface area contributed by atoms with Crippen molar-refractivity contribution in [2.24, 2.45) is 0 Å². The second-order valence-corrected chi connectivity index (χ2v) is 6.45. The van der Waals surface area contributed by atoms with Gasteiger partial charge in [0.1, 0.15) is 0 Å². The van der Waals surface area contributed by atoms with E-state index in [9.17, 15) is 0 Å². The Labute approximate surface area is 136 Å². The van der Waals surface area contributed by atoms with Crippen LogP contribution >= 0.6 is 0 Å². The minimum absolute atomic E-state index is 0.417. The zero-order valence-electron chi connectivity index (χ0n) is 14.9. The maximum Gasteiger partial charge on any atom is 0.0647 e. The highest BCUT2D eigenvalue weighted by Gasteiger charge is 2.14. The van der Waals surface area contributed by atoms with Crippen LogP contribution in [0.1, 0.15) is 63.6 Å². The van der Waals surface area contributed by atoms with Gasteiger partial charge >= 0.3 is 0 Å². The largest absolute Gasteiger partial charge is 0.300 e. The topological polar surface area (TPSA) is 23.9 Å². The fraction of sp³-hybridized carbons (Fsp3) is 0.381. The molecule has 22 heavy (non-hydrogen) atoms. The van der Waals surface area contributed by atoms with Crippen LogP contribution in [0.25, 0.3) is 0 Å². The van der Waals surface area contributed by atoms with E-state index in [0.29, 0.717) is 11.6 Å². The van der Waals surface area contributed by atoms with E-state index in [1.54, 1.807) is 0 Å². The van der Waals surface area contributed by atoms with Crippen LogP contribution in [0.4, 0.5) is 0 Å². The Kier molecular flexibility index (Phi) is 6.55. The monoisotopic (exact) mass is 295 g/mol. The molecule has 0 aliphatic carbocycles. The summed E-state index contributed by atoms with van der Waals surface area (Å²) in [7, 11) is 0. The second-order valence-electron chi connectivity index (χ2n) is 6.45. The van der Waals surface area contributed by atoms with Gasteiger partial charge in [-0.25, -0.2) is 0 Å². The lowest BCUT2D eigenvalue weighted by atomic mass is 9.88. The molecule has 0 aromatic heterocycles. The quantitative estimate of drug-likeness (QED) is 0.467. The van der Waals surface area contributed by atoms with Crippen molar-refractivity contribution < 1.29 is 0 Å². The van der Waals surface area contributed by atoms with Gasteiger partial charge in [0.15, 0.2) is 0 Å². The van der Waals surface area contributed by atoms with Crippen LogP contribution in [0.15, 0.2) is 53.6 Å². The van der Waals surface area contributed by atoms with E-state index in [-0.39, 0.29) is 0 Å². The Hall–Kier alpha value is -1.89. The van der Waals surface area contributed by atoms with Gasteiger partial charge in [-0.05, 0) is 51.2 Å². The normalized spacial score (nSPS) is 12.7. The van der Waals surface area contributed by atoms with Crippen molar-refractivity contribution in [1.29, 1.82) is 5.41 Å². The van der Waals surface area contributed by atoms with Gasteiger partial charge in [-0.3, -0.25) is 5.41 Å². The summed E-state index contributed by atoms with van der Waals surface area (Å²) < 4.78 is 0. The minimum atomic E-state index is 0.417. The summed E-state index contributed by atoms with van der Waals surface area (Å²) in [4.78, 5) is 0. The van der Waals surface area contributed by atoms with Crippen LogP contribution in [0.2, 0.25) is 0 Å². The Bertz CT molecular complexity index is 627. The predicted molar refractivity (Wildman–Crippen MR) is 99.0 cm³/mol. The molecule has 0 radical (unpaired) electrons. The van der Waals surface area contributed by atoms with Crippen molar-refractivity contribution in [2.75, 3.05) is 0 Å². The van der Waals surface area contributed by atoms with Gasteiger partial charge in [-0.1, -0.05) is 67.5 Å². The SMILES string of the molecule is C=C(C)/C=C(\C)C/C(=C/C)C(=N)c1ccc(C)cc1C(C)C. The van der Waals surface area contributed by atoms with Crippen molar-refractivity contribution in [3.05, 3.63) is 70.3 Å². The van der Waals surface area contributed by atoms with E-state index >= 15 is 0 Å². The third-order valence-corrected chi connectivity index (χ3v) is 3.73. The molecule has 0 unspecified atom stereocenters. The molecular formula is C21H29N. The highest BCUT2D eigenvalue weighted by Crippen LogP contribution is 2.25. The highest BCUT2D eigenvalue weighted by molar-refractivity contribution is 6.11. The van der Waals surface area contributed by atoms with E-state index in [1.807, 2.05) is 13.8 Å². The minimum Gasteiger partial charge on any atom is -0.300 e. The van der Waals surface area contributed by atoms with E-state index in [0.717, 1.165) is 23.1 Å². The van der Waals surface area contributed by atoms with Gasteiger partial charge in [0.05, 0.1) is 5.71 Å². The summed E-state index contributed by atoms with van der Waals surface area (Å²) in [5, 5.41) is 8.65. The molecule has 1 aromatic carbocycles. The smallest absolute Gasteiger partial charge is 0.0647 e. The number of aryl methyl sites for hydroxylation is 1.